The molecule has 156 valence electrons. The summed E-state index contributed by atoms with van der Waals surface area (Å²) in [5.74, 6) is 0.488. The molecule has 0 aliphatic carbocycles. The highest BCUT2D eigenvalue weighted by Gasteiger charge is 2.18. The third-order valence-electron chi connectivity index (χ3n) is 5.56. The second-order valence-corrected chi connectivity index (χ2v) is 9.58. The van der Waals surface area contributed by atoms with Crippen molar-refractivity contribution in [2.45, 2.75) is 37.6 Å². The molecule has 1 amide bonds. The number of hydrogen-bond acceptors (Lipinski definition) is 4. The number of nitrogens with one attached hydrogen (secondary N) is 2. The summed E-state index contributed by atoms with van der Waals surface area (Å²) in [7, 11) is -2.24. The van der Waals surface area contributed by atoms with Gasteiger partial charge in [-0.15, -0.1) is 0 Å². The van der Waals surface area contributed by atoms with Crippen molar-refractivity contribution in [2.24, 2.45) is 5.92 Å². The molecule has 0 radical (unpaired) electrons. The normalized spacial score (nSPS) is 16.4. The summed E-state index contributed by atoms with van der Waals surface area (Å²) in [5.41, 5.74) is 2.53. The van der Waals surface area contributed by atoms with Crippen LogP contribution >= 0.6 is 0 Å². The predicted octanol–water partition coefficient (Wildman–Crippen LogP) is 3.32. The van der Waals surface area contributed by atoms with Crippen molar-refractivity contribution in [2.75, 3.05) is 25.0 Å². The zero-order valence-corrected chi connectivity index (χ0v) is 18.0. The van der Waals surface area contributed by atoms with Crippen LogP contribution in [0.3, 0.4) is 0 Å². The molecule has 0 bridgehead atoms. The van der Waals surface area contributed by atoms with Crippen LogP contribution in [-0.4, -0.2) is 34.5 Å². The van der Waals surface area contributed by atoms with Gasteiger partial charge >= 0.3 is 0 Å². The van der Waals surface area contributed by atoms with Crippen LogP contribution in [0, 0.1) is 5.92 Å². The van der Waals surface area contributed by atoms with Crippen LogP contribution in [-0.2, 0) is 10.0 Å². The monoisotopic (exact) mass is 415 g/mol. The molecule has 0 saturated carbocycles. The summed E-state index contributed by atoms with van der Waals surface area (Å²) in [6.07, 6.45) is 2.44. The Balaban J connectivity index is 1.66. The second-order valence-electron chi connectivity index (χ2n) is 7.69. The van der Waals surface area contributed by atoms with Crippen LogP contribution in [0.5, 0.6) is 0 Å². The first-order valence-electron chi connectivity index (χ1n) is 9.99. The number of sulfonamides is 1. The summed E-state index contributed by atoms with van der Waals surface area (Å²) in [6, 6.07) is 14.1. The Morgan fingerprint density at radius 2 is 1.76 bits per heavy atom. The van der Waals surface area contributed by atoms with Gasteiger partial charge in [0.2, 0.25) is 10.0 Å². The lowest BCUT2D eigenvalue weighted by molar-refractivity contribution is 0.0939. The molecule has 6 nitrogen and oxygen atoms in total. The first kappa shape index (κ1) is 21.3. The summed E-state index contributed by atoms with van der Waals surface area (Å²) in [5, 5.41) is 2.95. The molecule has 29 heavy (non-hydrogen) atoms. The molecule has 1 atom stereocenters. The van der Waals surface area contributed by atoms with Crippen molar-refractivity contribution < 1.29 is 13.2 Å². The molecular weight excluding hydrogens is 386 g/mol. The van der Waals surface area contributed by atoms with Crippen LogP contribution in [0.4, 0.5) is 5.69 Å². The van der Waals surface area contributed by atoms with Crippen LogP contribution < -0.4 is 14.9 Å². The zero-order valence-electron chi connectivity index (χ0n) is 17.2. The van der Waals surface area contributed by atoms with Crippen molar-refractivity contribution in [3.05, 3.63) is 59.7 Å². The molecule has 0 spiro atoms. The summed E-state index contributed by atoms with van der Waals surface area (Å²) >= 11 is 0. The van der Waals surface area contributed by atoms with Crippen LogP contribution in [0.2, 0.25) is 0 Å². The molecule has 2 aromatic rings. The van der Waals surface area contributed by atoms with Crippen molar-refractivity contribution in [1.29, 1.82) is 0 Å². The van der Waals surface area contributed by atoms with E-state index in [0.29, 0.717) is 5.56 Å². The van der Waals surface area contributed by atoms with Gasteiger partial charge in [-0.1, -0.05) is 25.1 Å². The fourth-order valence-electron chi connectivity index (χ4n) is 3.53. The maximum Gasteiger partial charge on any atom is 0.251 e. The van der Waals surface area contributed by atoms with E-state index in [2.05, 4.69) is 34.0 Å². The number of benzene rings is 2. The number of piperidine rings is 1. The molecule has 1 aliphatic heterocycles. The Morgan fingerprint density at radius 3 is 2.38 bits per heavy atom. The fraction of sp³-hybridized carbons (Fsp3) is 0.409. The Labute approximate surface area is 173 Å². The van der Waals surface area contributed by atoms with E-state index in [1.165, 1.54) is 37.7 Å². The number of hydrogen-bond donors (Lipinski definition) is 2. The van der Waals surface area contributed by atoms with Crippen LogP contribution in [0.25, 0.3) is 0 Å². The van der Waals surface area contributed by atoms with Gasteiger partial charge in [-0.05, 0) is 68.6 Å². The van der Waals surface area contributed by atoms with Gasteiger partial charge in [0.1, 0.15) is 0 Å². The van der Waals surface area contributed by atoms with Crippen molar-refractivity contribution in [1.82, 2.24) is 10.0 Å². The SMILES string of the molecule is CNS(=O)(=O)c1cccc(C(=O)NC(C)c2ccc(N3CCC(C)CC3)cc2)c1. The zero-order chi connectivity index (χ0) is 21.0. The number of anilines is 1. The van der Waals surface area contributed by atoms with E-state index in [0.717, 1.165) is 24.6 Å². The minimum Gasteiger partial charge on any atom is -0.372 e. The largest absolute Gasteiger partial charge is 0.372 e. The summed E-state index contributed by atoms with van der Waals surface area (Å²) in [6.45, 7) is 6.38. The first-order valence-corrected chi connectivity index (χ1v) is 11.5. The number of amides is 1. The maximum absolute atomic E-state index is 12.6. The van der Waals surface area contributed by atoms with Gasteiger partial charge < -0.3 is 10.2 Å². The van der Waals surface area contributed by atoms with Gasteiger partial charge in [0.25, 0.3) is 5.91 Å². The number of carbonyl (C=O) groups excluding carboxylic acids is 1. The molecule has 1 fully saturated rings. The molecule has 1 unspecified atom stereocenters. The van der Waals surface area contributed by atoms with E-state index in [-0.39, 0.29) is 16.8 Å². The van der Waals surface area contributed by atoms with Gasteiger partial charge in [-0.2, -0.15) is 0 Å². The minimum absolute atomic E-state index is 0.0699. The summed E-state index contributed by atoms with van der Waals surface area (Å²) in [4.78, 5) is 15.1. The van der Waals surface area contributed by atoms with Gasteiger partial charge in [-0.25, -0.2) is 13.1 Å². The van der Waals surface area contributed by atoms with Crippen molar-refractivity contribution >= 4 is 21.6 Å². The maximum atomic E-state index is 12.6. The molecule has 7 heteroatoms. The molecule has 0 aromatic heterocycles. The molecule has 2 N–H and O–H groups in total. The molecule has 1 saturated heterocycles. The topological polar surface area (TPSA) is 78.5 Å². The molecule has 2 aromatic carbocycles. The molecule has 1 aliphatic rings. The van der Waals surface area contributed by atoms with E-state index in [1.54, 1.807) is 12.1 Å². The van der Waals surface area contributed by atoms with E-state index >= 15 is 0 Å². The Morgan fingerprint density at radius 1 is 1.10 bits per heavy atom. The lowest BCUT2D eigenvalue weighted by Gasteiger charge is -2.32. The van der Waals surface area contributed by atoms with Gasteiger partial charge in [0, 0.05) is 24.3 Å². The van der Waals surface area contributed by atoms with E-state index in [1.807, 2.05) is 19.1 Å². The van der Waals surface area contributed by atoms with E-state index in [9.17, 15) is 13.2 Å². The first-order chi connectivity index (χ1) is 13.8. The van der Waals surface area contributed by atoms with Crippen molar-refractivity contribution in [3.8, 4) is 0 Å². The third kappa shape index (κ3) is 5.16. The van der Waals surface area contributed by atoms with Crippen molar-refractivity contribution in [3.63, 3.8) is 0 Å². The Kier molecular flexibility index (Phi) is 6.59. The quantitative estimate of drug-likeness (QED) is 0.759. The Bertz CT molecular complexity index is 950. The average molecular weight is 416 g/mol. The predicted molar refractivity (Wildman–Crippen MR) is 116 cm³/mol. The molecular formula is C22H29N3O3S. The standard InChI is InChI=1S/C22H29N3O3S/c1-16-11-13-25(14-12-16)20-9-7-18(8-10-20)17(2)24-22(26)19-5-4-6-21(15-19)29(27,28)23-3/h4-10,15-17,23H,11-14H2,1-3H3,(H,24,26). The second kappa shape index (κ2) is 8.97. The lowest BCUT2D eigenvalue weighted by Crippen LogP contribution is -2.32. The lowest BCUT2D eigenvalue weighted by atomic mass is 9.98. The fourth-order valence-corrected chi connectivity index (χ4v) is 4.30. The van der Waals surface area contributed by atoms with Crippen LogP contribution in [0.15, 0.2) is 53.4 Å². The number of nitrogens with zero attached hydrogens (tertiary/aromatic N) is 1. The van der Waals surface area contributed by atoms with Gasteiger partial charge in [-0.3, -0.25) is 4.79 Å². The van der Waals surface area contributed by atoms with E-state index in [4.69, 9.17) is 0 Å². The van der Waals surface area contributed by atoms with E-state index < -0.39 is 10.0 Å². The van der Waals surface area contributed by atoms with Crippen LogP contribution in [0.1, 0.15) is 48.7 Å². The molecule has 3 rings (SSSR count). The summed E-state index contributed by atoms with van der Waals surface area (Å²) < 4.78 is 26.2. The minimum atomic E-state index is -3.59. The van der Waals surface area contributed by atoms with Gasteiger partial charge in [0.15, 0.2) is 0 Å². The number of carbonyl (C=O) groups is 1. The average Bonchev–Trinajstić information content (AvgIpc) is 2.74. The highest BCUT2D eigenvalue weighted by Crippen LogP contribution is 2.24. The highest BCUT2D eigenvalue weighted by atomic mass is 32.2. The third-order valence-corrected chi connectivity index (χ3v) is 6.98. The van der Waals surface area contributed by atoms with Gasteiger partial charge in [0.05, 0.1) is 10.9 Å². The highest BCUT2D eigenvalue weighted by molar-refractivity contribution is 7.89. The molecule has 1 heterocycles. The smallest absolute Gasteiger partial charge is 0.251 e. The Hall–Kier alpha value is -2.38. The number of rotatable bonds is 6.